The smallest absolute Gasteiger partial charge is 0.338 e. The van der Waals surface area contributed by atoms with Crippen LogP contribution in [0.4, 0.5) is 0 Å². The predicted octanol–water partition coefficient (Wildman–Crippen LogP) is 6.78. The van der Waals surface area contributed by atoms with Gasteiger partial charge in [-0.05, 0) is 72.7 Å². The number of hydrogen-bond acceptors (Lipinski definition) is 4. The highest BCUT2D eigenvalue weighted by atomic mass is 16.5. The van der Waals surface area contributed by atoms with E-state index in [0.717, 1.165) is 54.1 Å². The van der Waals surface area contributed by atoms with E-state index in [0.29, 0.717) is 12.2 Å². The molecule has 0 unspecified atom stereocenters. The van der Waals surface area contributed by atoms with Gasteiger partial charge in [-0.25, -0.2) is 4.79 Å². The molecule has 0 atom stereocenters. The molecule has 0 spiro atoms. The molecule has 0 saturated carbocycles. The Morgan fingerprint density at radius 1 is 0.656 bits per heavy atom. The monoisotopic (exact) mass is 432 g/mol. The maximum atomic E-state index is 11.8. The largest absolute Gasteiger partial charge is 0.494 e. The van der Waals surface area contributed by atoms with Crippen LogP contribution >= 0.6 is 0 Å². The molecule has 0 aliphatic heterocycles. The van der Waals surface area contributed by atoms with Gasteiger partial charge in [-0.1, -0.05) is 55.0 Å². The predicted molar refractivity (Wildman–Crippen MR) is 129 cm³/mol. The topological polar surface area (TPSA) is 44.8 Å². The van der Waals surface area contributed by atoms with E-state index in [-0.39, 0.29) is 5.97 Å². The minimum atomic E-state index is -0.288. The Balaban J connectivity index is 1.53. The van der Waals surface area contributed by atoms with Crippen LogP contribution in [0.2, 0.25) is 0 Å². The van der Waals surface area contributed by atoms with Gasteiger partial charge in [-0.3, -0.25) is 0 Å². The van der Waals surface area contributed by atoms with Gasteiger partial charge >= 0.3 is 5.97 Å². The molecule has 0 N–H and O–H groups in total. The Kier molecular flexibility index (Phi) is 9.33. The fourth-order valence-electron chi connectivity index (χ4n) is 3.50. The zero-order valence-corrected chi connectivity index (χ0v) is 19.0. The molecule has 3 aromatic carbocycles. The Labute approximate surface area is 191 Å². The molecule has 0 heterocycles. The highest BCUT2D eigenvalue weighted by Crippen LogP contribution is 2.26. The van der Waals surface area contributed by atoms with E-state index in [2.05, 4.69) is 36.4 Å². The van der Waals surface area contributed by atoms with Crippen LogP contribution < -0.4 is 4.74 Å². The number of carbonyl (C=O) groups is 1. The number of benzene rings is 3. The van der Waals surface area contributed by atoms with Gasteiger partial charge in [0.15, 0.2) is 0 Å². The van der Waals surface area contributed by atoms with E-state index in [9.17, 15) is 4.79 Å². The summed E-state index contributed by atoms with van der Waals surface area (Å²) in [5, 5.41) is 0. The van der Waals surface area contributed by atoms with Gasteiger partial charge in [0.05, 0.1) is 18.8 Å². The van der Waals surface area contributed by atoms with Crippen molar-refractivity contribution in [3.05, 3.63) is 78.4 Å². The Morgan fingerprint density at radius 3 is 1.62 bits per heavy atom. The summed E-state index contributed by atoms with van der Waals surface area (Å²) in [6.45, 7) is 3.77. The van der Waals surface area contributed by atoms with Crippen LogP contribution in [0.1, 0.15) is 43.0 Å². The van der Waals surface area contributed by atoms with Gasteiger partial charge in [0.1, 0.15) is 5.75 Å². The molecule has 4 heteroatoms. The molecule has 0 aliphatic carbocycles. The van der Waals surface area contributed by atoms with E-state index in [1.807, 2.05) is 24.3 Å². The number of esters is 1. The lowest BCUT2D eigenvalue weighted by Gasteiger charge is -2.09. The molecule has 4 nitrogen and oxygen atoms in total. The molecule has 0 aromatic heterocycles. The van der Waals surface area contributed by atoms with Crippen LogP contribution in [-0.4, -0.2) is 32.9 Å². The van der Waals surface area contributed by atoms with Crippen molar-refractivity contribution in [1.82, 2.24) is 0 Å². The number of rotatable bonds is 12. The highest BCUT2D eigenvalue weighted by Gasteiger charge is 2.07. The second-order valence-electron chi connectivity index (χ2n) is 7.66. The molecular weight excluding hydrogens is 400 g/mol. The molecule has 32 heavy (non-hydrogen) atoms. The van der Waals surface area contributed by atoms with Crippen molar-refractivity contribution in [2.45, 2.75) is 32.6 Å². The quantitative estimate of drug-likeness (QED) is 0.234. The third kappa shape index (κ3) is 6.96. The zero-order chi connectivity index (χ0) is 22.6. The van der Waals surface area contributed by atoms with Crippen molar-refractivity contribution in [1.29, 1.82) is 0 Å². The van der Waals surface area contributed by atoms with Gasteiger partial charge in [0, 0.05) is 13.7 Å². The molecule has 0 saturated heterocycles. The second-order valence-corrected chi connectivity index (χ2v) is 7.66. The van der Waals surface area contributed by atoms with Gasteiger partial charge in [0.25, 0.3) is 0 Å². The molecule has 0 radical (unpaired) electrons. The number of ether oxygens (including phenoxy) is 3. The Morgan fingerprint density at radius 2 is 1.12 bits per heavy atom. The summed E-state index contributed by atoms with van der Waals surface area (Å²) in [5.74, 6) is 0.618. The summed E-state index contributed by atoms with van der Waals surface area (Å²) in [5.41, 5.74) is 5.05. The first kappa shape index (κ1) is 23.6. The first-order valence-corrected chi connectivity index (χ1v) is 11.3. The number of hydrogen-bond donors (Lipinski definition) is 0. The van der Waals surface area contributed by atoms with Gasteiger partial charge in [-0.2, -0.15) is 0 Å². The highest BCUT2D eigenvalue weighted by molar-refractivity contribution is 5.90. The second kappa shape index (κ2) is 12.7. The van der Waals surface area contributed by atoms with E-state index >= 15 is 0 Å². The van der Waals surface area contributed by atoms with E-state index in [1.165, 1.54) is 12.8 Å². The molecular formula is C28H32O4. The lowest BCUT2D eigenvalue weighted by atomic mass is 9.99. The van der Waals surface area contributed by atoms with Gasteiger partial charge < -0.3 is 14.2 Å². The summed E-state index contributed by atoms with van der Waals surface area (Å²) in [6.07, 6.45) is 4.53. The van der Waals surface area contributed by atoms with Crippen molar-refractivity contribution >= 4 is 5.97 Å². The maximum Gasteiger partial charge on any atom is 0.338 e. The summed E-state index contributed by atoms with van der Waals surface area (Å²) >= 11 is 0. The summed E-state index contributed by atoms with van der Waals surface area (Å²) in [7, 11) is 1.74. The van der Waals surface area contributed by atoms with Crippen molar-refractivity contribution < 1.29 is 19.0 Å². The molecule has 0 amide bonds. The van der Waals surface area contributed by atoms with Crippen LogP contribution in [0.5, 0.6) is 5.75 Å². The van der Waals surface area contributed by atoms with E-state index in [4.69, 9.17) is 14.2 Å². The molecule has 3 aromatic rings. The lowest BCUT2D eigenvalue weighted by molar-refractivity contribution is 0.0526. The van der Waals surface area contributed by atoms with Crippen molar-refractivity contribution in [3.8, 4) is 28.0 Å². The zero-order valence-electron chi connectivity index (χ0n) is 19.0. The van der Waals surface area contributed by atoms with Crippen molar-refractivity contribution in [3.63, 3.8) is 0 Å². The lowest BCUT2D eigenvalue weighted by Crippen LogP contribution is -2.03. The number of unbranched alkanes of at least 4 members (excludes halogenated alkanes) is 3. The molecule has 168 valence electrons. The first-order chi connectivity index (χ1) is 15.7. The average Bonchev–Trinajstić information content (AvgIpc) is 2.84. The standard InChI is InChI=1S/C28H32O4/c1-3-31-28(29)26-14-12-24(13-15-26)22-8-10-23(11-9-22)25-16-18-27(19-17-25)32-21-7-5-4-6-20-30-2/h8-19H,3-7,20-21H2,1-2H3. The fourth-order valence-corrected chi connectivity index (χ4v) is 3.50. The molecule has 0 fully saturated rings. The summed E-state index contributed by atoms with van der Waals surface area (Å²) < 4.78 is 16.0. The molecule has 0 aliphatic rings. The molecule has 3 rings (SSSR count). The third-order valence-electron chi connectivity index (χ3n) is 5.31. The number of methoxy groups -OCH3 is 1. The Bertz CT molecular complexity index is 944. The number of carbonyl (C=O) groups excluding carboxylic acids is 1. The minimum absolute atomic E-state index is 0.288. The van der Waals surface area contributed by atoms with Crippen molar-refractivity contribution in [2.24, 2.45) is 0 Å². The minimum Gasteiger partial charge on any atom is -0.494 e. The fraction of sp³-hybridized carbons (Fsp3) is 0.321. The van der Waals surface area contributed by atoms with Crippen LogP contribution in [0.25, 0.3) is 22.3 Å². The summed E-state index contributed by atoms with van der Waals surface area (Å²) in [4.78, 5) is 11.8. The van der Waals surface area contributed by atoms with Crippen LogP contribution in [-0.2, 0) is 9.47 Å². The maximum absolute atomic E-state index is 11.8. The molecule has 0 bridgehead atoms. The normalized spacial score (nSPS) is 10.7. The van der Waals surface area contributed by atoms with Crippen LogP contribution in [0, 0.1) is 0 Å². The first-order valence-electron chi connectivity index (χ1n) is 11.3. The SMILES string of the molecule is CCOC(=O)c1ccc(-c2ccc(-c3ccc(OCCCCCCOC)cc3)cc2)cc1. The van der Waals surface area contributed by atoms with Crippen molar-refractivity contribution in [2.75, 3.05) is 26.9 Å². The Hall–Kier alpha value is -3.11. The average molecular weight is 433 g/mol. The van der Waals surface area contributed by atoms with Crippen LogP contribution in [0.15, 0.2) is 72.8 Å². The van der Waals surface area contributed by atoms with Gasteiger partial charge in [-0.15, -0.1) is 0 Å². The third-order valence-corrected chi connectivity index (χ3v) is 5.31. The van der Waals surface area contributed by atoms with Crippen LogP contribution in [0.3, 0.4) is 0 Å². The summed E-state index contributed by atoms with van der Waals surface area (Å²) in [6, 6.07) is 24.2. The van der Waals surface area contributed by atoms with E-state index in [1.54, 1.807) is 26.2 Å². The van der Waals surface area contributed by atoms with Gasteiger partial charge in [0.2, 0.25) is 0 Å². The van der Waals surface area contributed by atoms with E-state index < -0.39 is 0 Å².